The van der Waals surface area contributed by atoms with Gasteiger partial charge >= 0.3 is 6.18 Å². The first kappa shape index (κ1) is 14.3. The van der Waals surface area contributed by atoms with E-state index in [1.807, 2.05) is 0 Å². The number of halogens is 4. The van der Waals surface area contributed by atoms with Gasteiger partial charge in [-0.2, -0.15) is 13.2 Å². The van der Waals surface area contributed by atoms with Crippen LogP contribution in [0.4, 0.5) is 18.9 Å². The molecule has 2 aromatic rings. The van der Waals surface area contributed by atoms with Crippen molar-refractivity contribution in [3.8, 4) is 0 Å². The smallest absolute Gasteiger partial charge is 0.321 e. The second-order valence-corrected chi connectivity index (χ2v) is 4.15. The van der Waals surface area contributed by atoms with Crippen LogP contribution in [-0.4, -0.2) is 15.9 Å². The minimum atomic E-state index is -4.52. The molecule has 20 heavy (non-hydrogen) atoms. The van der Waals surface area contributed by atoms with E-state index in [4.69, 9.17) is 11.6 Å². The van der Waals surface area contributed by atoms with Crippen molar-refractivity contribution in [3.05, 3.63) is 53.1 Å². The molecule has 0 unspecified atom stereocenters. The molecule has 0 aromatic carbocycles. The van der Waals surface area contributed by atoms with Crippen LogP contribution in [0.25, 0.3) is 0 Å². The quantitative estimate of drug-likeness (QED) is 0.925. The Morgan fingerprint density at radius 2 is 1.95 bits per heavy atom. The third-order valence-electron chi connectivity index (χ3n) is 2.33. The molecule has 1 N–H and O–H groups in total. The van der Waals surface area contributed by atoms with Gasteiger partial charge in [0.15, 0.2) is 0 Å². The van der Waals surface area contributed by atoms with Crippen molar-refractivity contribution in [1.82, 2.24) is 9.97 Å². The molecule has 104 valence electrons. The highest BCUT2D eigenvalue weighted by molar-refractivity contribution is 6.34. The Hall–Kier alpha value is -2.15. The van der Waals surface area contributed by atoms with Crippen LogP contribution < -0.4 is 5.32 Å². The van der Waals surface area contributed by atoms with Crippen molar-refractivity contribution >= 4 is 23.2 Å². The van der Waals surface area contributed by atoms with E-state index in [-0.39, 0.29) is 16.3 Å². The van der Waals surface area contributed by atoms with Crippen molar-refractivity contribution in [3.63, 3.8) is 0 Å². The molecule has 4 nitrogen and oxygen atoms in total. The molecule has 0 aliphatic rings. The highest BCUT2D eigenvalue weighted by Crippen LogP contribution is 2.27. The van der Waals surface area contributed by atoms with Gasteiger partial charge < -0.3 is 5.32 Å². The lowest BCUT2D eigenvalue weighted by molar-refractivity contribution is -0.141. The van der Waals surface area contributed by atoms with Gasteiger partial charge in [0, 0.05) is 12.4 Å². The SMILES string of the molecule is O=C(Nc1ccc(C(F)(F)F)nc1)c1ccncc1Cl. The predicted octanol–water partition coefficient (Wildman–Crippen LogP) is 3.40. The van der Waals surface area contributed by atoms with Crippen LogP contribution in [-0.2, 0) is 6.18 Å². The van der Waals surface area contributed by atoms with Gasteiger partial charge in [-0.05, 0) is 18.2 Å². The van der Waals surface area contributed by atoms with E-state index in [9.17, 15) is 18.0 Å². The molecule has 0 bridgehead atoms. The van der Waals surface area contributed by atoms with Gasteiger partial charge in [0.2, 0.25) is 0 Å². The number of anilines is 1. The number of rotatable bonds is 2. The van der Waals surface area contributed by atoms with Gasteiger partial charge in [-0.15, -0.1) is 0 Å². The highest BCUT2D eigenvalue weighted by Gasteiger charge is 2.32. The van der Waals surface area contributed by atoms with Gasteiger partial charge in [-0.3, -0.25) is 9.78 Å². The fourth-order valence-electron chi connectivity index (χ4n) is 1.39. The molecule has 2 aromatic heterocycles. The van der Waals surface area contributed by atoms with Crippen LogP contribution in [0.1, 0.15) is 16.1 Å². The molecular weight excluding hydrogens is 295 g/mol. The van der Waals surface area contributed by atoms with Crippen LogP contribution in [0.3, 0.4) is 0 Å². The number of nitrogens with zero attached hydrogens (tertiary/aromatic N) is 2. The number of alkyl halides is 3. The molecule has 0 aliphatic heterocycles. The molecule has 0 atom stereocenters. The van der Waals surface area contributed by atoms with E-state index in [0.29, 0.717) is 0 Å². The average Bonchev–Trinajstić information content (AvgIpc) is 2.38. The lowest BCUT2D eigenvalue weighted by Crippen LogP contribution is -2.14. The van der Waals surface area contributed by atoms with Gasteiger partial charge in [-0.25, -0.2) is 4.98 Å². The van der Waals surface area contributed by atoms with E-state index < -0.39 is 17.8 Å². The van der Waals surface area contributed by atoms with E-state index >= 15 is 0 Å². The number of hydrogen-bond donors (Lipinski definition) is 1. The Labute approximate surface area is 116 Å². The predicted molar refractivity (Wildman–Crippen MR) is 66.4 cm³/mol. The van der Waals surface area contributed by atoms with E-state index in [2.05, 4.69) is 15.3 Å². The summed E-state index contributed by atoms with van der Waals surface area (Å²) in [6, 6.07) is 3.29. The average molecular weight is 302 g/mol. The molecule has 2 heterocycles. The number of carbonyl (C=O) groups is 1. The fraction of sp³-hybridized carbons (Fsp3) is 0.0833. The van der Waals surface area contributed by atoms with E-state index in [0.717, 1.165) is 18.3 Å². The van der Waals surface area contributed by atoms with Crippen LogP contribution in [0.2, 0.25) is 5.02 Å². The van der Waals surface area contributed by atoms with Gasteiger partial charge in [-0.1, -0.05) is 11.6 Å². The lowest BCUT2D eigenvalue weighted by atomic mass is 10.2. The molecule has 0 aliphatic carbocycles. The van der Waals surface area contributed by atoms with Crippen molar-refractivity contribution in [1.29, 1.82) is 0 Å². The van der Waals surface area contributed by atoms with Crippen LogP contribution >= 0.6 is 11.6 Å². The highest BCUT2D eigenvalue weighted by atomic mass is 35.5. The van der Waals surface area contributed by atoms with E-state index in [1.165, 1.54) is 18.5 Å². The fourth-order valence-corrected chi connectivity index (χ4v) is 1.60. The third-order valence-corrected chi connectivity index (χ3v) is 2.63. The number of pyridine rings is 2. The van der Waals surface area contributed by atoms with Crippen molar-refractivity contribution < 1.29 is 18.0 Å². The Morgan fingerprint density at radius 3 is 2.50 bits per heavy atom. The number of aromatic nitrogens is 2. The molecule has 0 radical (unpaired) electrons. The second-order valence-electron chi connectivity index (χ2n) is 3.74. The first-order valence-electron chi connectivity index (χ1n) is 5.32. The molecule has 8 heteroatoms. The first-order chi connectivity index (χ1) is 9.38. The Balaban J connectivity index is 2.15. The van der Waals surface area contributed by atoms with Crippen molar-refractivity contribution in [2.75, 3.05) is 5.32 Å². The first-order valence-corrected chi connectivity index (χ1v) is 5.70. The minimum absolute atomic E-state index is 0.135. The van der Waals surface area contributed by atoms with Gasteiger partial charge in [0.1, 0.15) is 5.69 Å². The number of carbonyl (C=O) groups excluding carboxylic acids is 1. The van der Waals surface area contributed by atoms with Crippen molar-refractivity contribution in [2.24, 2.45) is 0 Å². The Bertz CT molecular complexity index is 629. The number of hydrogen-bond acceptors (Lipinski definition) is 3. The maximum atomic E-state index is 12.3. The number of nitrogens with one attached hydrogen (secondary N) is 1. The van der Waals surface area contributed by atoms with Crippen LogP contribution in [0, 0.1) is 0 Å². The zero-order valence-electron chi connectivity index (χ0n) is 9.78. The molecule has 0 spiro atoms. The molecule has 0 fully saturated rings. The number of amides is 1. The summed E-state index contributed by atoms with van der Waals surface area (Å²) in [5.74, 6) is -0.557. The molecule has 0 saturated heterocycles. The normalized spacial score (nSPS) is 11.2. The zero-order valence-corrected chi connectivity index (χ0v) is 10.5. The summed E-state index contributed by atoms with van der Waals surface area (Å²) in [5, 5.41) is 2.54. The summed E-state index contributed by atoms with van der Waals surface area (Å²) in [6.45, 7) is 0. The zero-order chi connectivity index (χ0) is 14.8. The second kappa shape index (κ2) is 5.46. The van der Waals surface area contributed by atoms with Crippen LogP contribution in [0.15, 0.2) is 36.8 Å². The molecule has 0 saturated carbocycles. The third kappa shape index (κ3) is 3.24. The topological polar surface area (TPSA) is 54.9 Å². The maximum Gasteiger partial charge on any atom is 0.433 e. The summed E-state index contributed by atoms with van der Waals surface area (Å²) in [4.78, 5) is 18.8. The standard InChI is InChI=1S/C12H7ClF3N3O/c13-9-6-17-4-3-8(9)11(20)19-7-1-2-10(18-5-7)12(14,15)16/h1-6H,(H,19,20). The maximum absolute atomic E-state index is 12.3. The van der Waals surface area contributed by atoms with Crippen molar-refractivity contribution in [2.45, 2.75) is 6.18 Å². The van der Waals surface area contributed by atoms with Gasteiger partial charge in [0.05, 0.1) is 22.5 Å². The lowest BCUT2D eigenvalue weighted by Gasteiger charge is -2.08. The molecular formula is C12H7ClF3N3O. The Morgan fingerprint density at radius 1 is 1.20 bits per heavy atom. The van der Waals surface area contributed by atoms with Crippen LogP contribution in [0.5, 0.6) is 0 Å². The molecule has 1 amide bonds. The van der Waals surface area contributed by atoms with Gasteiger partial charge in [0.25, 0.3) is 5.91 Å². The molecule has 2 rings (SSSR count). The summed E-state index contributed by atoms with van der Waals surface area (Å²) >= 11 is 5.78. The summed E-state index contributed by atoms with van der Waals surface area (Å²) in [5.41, 5.74) is -0.727. The minimum Gasteiger partial charge on any atom is -0.321 e. The monoisotopic (exact) mass is 301 g/mol. The van der Waals surface area contributed by atoms with E-state index in [1.54, 1.807) is 0 Å². The summed E-state index contributed by atoms with van der Waals surface area (Å²) in [6.07, 6.45) is -0.917. The Kier molecular flexibility index (Phi) is 3.89. The summed E-state index contributed by atoms with van der Waals surface area (Å²) < 4.78 is 37.0. The largest absolute Gasteiger partial charge is 0.433 e. The summed E-state index contributed by atoms with van der Waals surface area (Å²) in [7, 11) is 0.